The topological polar surface area (TPSA) is 147 Å². The number of aryl methyl sites for hydroxylation is 1. The summed E-state index contributed by atoms with van der Waals surface area (Å²) in [6.07, 6.45) is 1.10. The smallest absolute Gasteiger partial charge is 0.352 e. The molecule has 0 saturated carbocycles. The van der Waals surface area contributed by atoms with Crippen LogP contribution in [0.15, 0.2) is 24.4 Å². The van der Waals surface area contributed by atoms with E-state index in [4.69, 9.17) is 0 Å². The van der Waals surface area contributed by atoms with Gasteiger partial charge in [-0.3, -0.25) is 20.2 Å². The van der Waals surface area contributed by atoms with Gasteiger partial charge >= 0.3 is 5.82 Å². The van der Waals surface area contributed by atoms with E-state index in [2.05, 4.69) is 5.10 Å². The molecule has 0 aliphatic rings. The summed E-state index contributed by atoms with van der Waals surface area (Å²) in [7, 11) is 1.32. The first-order chi connectivity index (χ1) is 9.82. The number of nitro benzene ring substituents is 2. The number of non-ortho nitro benzene ring substituents is 1. The fourth-order valence-electron chi connectivity index (χ4n) is 1.85. The maximum atomic E-state index is 11.0. The van der Waals surface area contributed by atoms with Crippen LogP contribution in [-0.2, 0) is 7.05 Å². The van der Waals surface area contributed by atoms with Gasteiger partial charge in [-0.05, 0) is 11.0 Å². The number of nitrogens with zero attached hydrogens (tertiary/aromatic N) is 5. The minimum Gasteiger partial charge on any atom is -0.358 e. The monoisotopic (exact) mass is 293 g/mol. The van der Waals surface area contributed by atoms with E-state index in [0.29, 0.717) is 0 Å². The minimum atomic E-state index is -0.834. The van der Waals surface area contributed by atoms with Crippen LogP contribution in [0.1, 0.15) is 0 Å². The molecule has 11 heteroatoms. The molecular weight excluding hydrogens is 286 g/mol. The summed E-state index contributed by atoms with van der Waals surface area (Å²) >= 11 is 0. The van der Waals surface area contributed by atoms with Crippen LogP contribution in [0.4, 0.5) is 17.2 Å². The lowest BCUT2D eigenvalue weighted by atomic mass is 10.1. The fourth-order valence-corrected chi connectivity index (χ4v) is 1.85. The number of hydrogen-bond donors (Lipinski definition) is 0. The van der Waals surface area contributed by atoms with Crippen molar-refractivity contribution in [2.75, 3.05) is 0 Å². The second-order valence-electron chi connectivity index (χ2n) is 3.98. The summed E-state index contributed by atoms with van der Waals surface area (Å²) in [5.74, 6) is -0.438. The summed E-state index contributed by atoms with van der Waals surface area (Å²) in [5, 5.41) is 36.4. The van der Waals surface area contributed by atoms with Crippen LogP contribution in [0, 0.1) is 30.3 Å². The largest absolute Gasteiger partial charge is 0.358 e. The van der Waals surface area contributed by atoms with Crippen LogP contribution in [0.25, 0.3) is 11.1 Å². The van der Waals surface area contributed by atoms with Crippen molar-refractivity contribution >= 4 is 17.2 Å². The Balaban J connectivity index is 2.72. The van der Waals surface area contributed by atoms with Gasteiger partial charge in [-0.1, -0.05) is 5.10 Å². The molecule has 0 N–H and O–H groups in total. The van der Waals surface area contributed by atoms with Gasteiger partial charge in [-0.2, -0.15) is 0 Å². The average Bonchev–Trinajstić information content (AvgIpc) is 2.79. The van der Waals surface area contributed by atoms with E-state index in [0.717, 1.165) is 29.1 Å². The molecule has 0 amide bonds. The average molecular weight is 293 g/mol. The summed E-state index contributed by atoms with van der Waals surface area (Å²) in [5.41, 5.74) is -1.26. The molecule has 0 saturated heterocycles. The number of benzene rings is 1. The third-order valence-corrected chi connectivity index (χ3v) is 2.76. The second kappa shape index (κ2) is 4.96. The van der Waals surface area contributed by atoms with E-state index in [1.165, 1.54) is 7.05 Å². The Morgan fingerprint density at radius 2 is 1.67 bits per heavy atom. The van der Waals surface area contributed by atoms with Crippen molar-refractivity contribution in [2.24, 2.45) is 7.05 Å². The Hall–Kier alpha value is -3.37. The van der Waals surface area contributed by atoms with Gasteiger partial charge in [0, 0.05) is 6.07 Å². The predicted octanol–water partition coefficient (Wildman–Crippen LogP) is 1.81. The van der Waals surface area contributed by atoms with Gasteiger partial charge < -0.3 is 10.1 Å². The second-order valence-corrected chi connectivity index (χ2v) is 3.98. The Bertz CT molecular complexity index is 767. The lowest BCUT2D eigenvalue weighted by Gasteiger charge is -2.01. The normalized spacial score (nSPS) is 10.3. The highest BCUT2D eigenvalue weighted by molar-refractivity contribution is 5.80. The third-order valence-electron chi connectivity index (χ3n) is 2.76. The van der Waals surface area contributed by atoms with Crippen LogP contribution in [-0.4, -0.2) is 24.6 Å². The Kier molecular flexibility index (Phi) is 3.32. The SMILES string of the molecule is Cn1ncc(-c2ccc([N+](=O)[O-])cc2[N+](=O)[O-])c1[N+](=O)[O-]. The van der Waals surface area contributed by atoms with Crippen molar-refractivity contribution in [3.05, 3.63) is 54.7 Å². The fraction of sp³-hybridized carbons (Fsp3) is 0.100. The third kappa shape index (κ3) is 2.39. The van der Waals surface area contributed by atoms with E-state index in [9.17, 15) is 30.3 Å². The molecule has 2 rings (SSSR count). The molecule has 0 fully saturated rings. The summed E-state index contributed by atoms with van der Waals surface area (Å²) < 4.78 is 0.959. The molecule has 0 aliphatic carbocycles. The van der Waals surface area contributed by atoms with E-state index >= 15 is 0 Å². The molecule has 1 heterocycles. The molecule has 108 valence electrons. The van der Waals surface area contributed by atoms with Crippen molar-refractivity contribution in [1.29, 1.82) is 0 Å². The van der Waals surface area contributed by atoms with E-state index in [1.54, 1.807) is 0 Å². The van der Waals surface area contributed by atoms with Crippen LogP contribution < -0.4 is 0 Å². The highest BCUT2D eigenvalue weighted by Crippen LogP contribution is 2.37. The van der Waals surface area contributed by atoms with Gasteiger partial charge in [0.2, 0.25) is 0 Å². The van der Waals surface area contributed by atoms with Crippen molar-refractivity contribution in [1.82, 2.24) is 9.78 Å². The van der Waals surface area contributed by atoms with Crippen LogP contribution in [0.3, 0.4) is 0 Å². The van der Waals surface area contributed by atoms with Crippen LogP contribution in [0.2, 0.25) is 0 Å². The molecular formula is C10H7N5O6. The van der Waals surface area contributed by atoms with Gasteiger partial charge in [0.1, 0.15) is 12.6 Å². The first kappa shape index (κ1) is 14.0. The van der Waals surface area contributed by atoms with E-state index in [-0.39, 0.29) is 11.1 Å². The van der Waals surface area contributed by atoms with Crippen molar-refractivity contribution in [3.8, 4) is 11.1 Å². The zero-order chi connectivity index (χ0) is 15.7. The number of aromatic nitrogens is 2. The van der Waals surface area contributed by atoms with Crippen LogP contribution >= 0.6 is 0 Å². The summed E-state index contributed by atoms with van der Waals surface area (Å²) in [6, 6.07) is 2.89. The number of rotatable bonds is 4. The van der Waals surface area contributed by atoms with Gasteiger partial charge in [0.25, 0.3) is 11.4 Å². The van der Waals surface area contributed by atoms with Crippen molar-refractivity contribution < 1.29 is 14.8 Å². The Morgan fingerprint density at radius 3 is 2.19 bits per heavy atom. The molecule has 1 aromatic carbocycles. The molecule has 0 bridgehead atoms. The molecule has 0 atom stereocenters. The zero-order valence-corrected chi connectivity index (χ0v) is 10.5. The van der Waals surface area contributed by atoms with Crippen LogP contribution in [0.5, 0.6) is 0 Å². The molecule has 0 spiro atoms. The lowest BCUT2D eigenvalue weighted by Crippen LogP contribution is -2.00. The molecule has 0 radical (unpaired) electrons. The van der Waals surface area contributed by atoms with E-state index < -0.39 is 32.0 Å². The molecule has 11 nitrogen and oxygen atoms in total. The first-order valence-electron chi connectivity index (χ1n) is 5.42. The number of nitro groups is 3. The van der Waals surface area contributed by atoms with Gasteiger partial charge in [0.05, 0.1) is 27.7 Å². The number of hydrogen-bond acceptors (Lipinski definition) is 7. The molecule has 1 aromatic heterocycles. The zero-order valence-electron chi connectivity index (χ0n) is 10.5. The van der Waals surface area contributed by atoms with Gasteiger partial charge in [-0.25, -0.2) is 0 Å². The Morgan fingerprint density at radius 1 is 1.00 bits per heavy atom. The van der Waals surface area contributed by atoms with Gasteiger partial charge in [-0.15, -0.1) is 4.68 Å². The van der Waals surface area contributed by atoms with Gasteiger partial charge in [0.15, 0.2) is 0 Å². The predicted molar refractivity (Wildman–Crippen MR) is 68.6 cm³/mol. The maximum absolute atomic E-state index is 11.0. The highest BCUT2D eigenvalue weighted by Gasteiger charge is 2.28. The molecule has 0 unspecified atom stereocenters. The minimum absolute atomic E-state index is 0.0795. The van der Waals surface area contributed by atoms with Crippen molar-refractivity contribution in [3.63, 3.8) is 0 Å². The standard InChI is InChI=1S/C10H7N5O6/c1-12-10(15(20)21)8(5-11-12)7-3-2-6(13(16)17)4-9(7)14(18)19/h2-5H,1H3. The molecule has 2 aromatic rings. The van der Waals surface area contributed by atoms with Crippen molar-refractivity contribution in [2.45, 2.75) is 0 Å². The first-order valence-corrected chi connectivity index (χ1v) is 5.42. The Labute approximate surface area is 115 Å². The molecule has 21 heavy (non-hydrogen) atoms. The summed E-state index contributed by atoms with van der Waals surface area (Å²) in [6.45, 7) is 0. The quantitative estimate of drug-likeness (QED) is 0.616. The summed E-state index contributed by atoms with van der Waals surface area (Å²) in [4.78, 5) is 30.4. The highest BCUT2D eigenvalue weighted by atomic mass is 16.6. The lowest BCUT2D eigenvalue weighted by molar-refractivity contribution is -0.394. The molecule has 0 aliphatic heterocycles. The maximum Gasteiger partial charge on any atom is 0.352 e. The van der Waals surface area contributed by atoms with E-state index in [1.807, 2.05) is 0 Å².